The molecule has 82 valence electrons. The number of hydrogen-bond donors (Lipinski definition) is 1. The van der Waals surface area contributed by atoms with Crippen LogP contribution >= 0.6 is 15.9 Å². The van der Waals surface area contributed by atoms with Crippen molar-refractivity contribution < 1.29 is 14.3 Å². The Labute approximate surface area is 96.5 Å². The molecule has 0 aliphatic carbocycles. The van der Waals surface area contributed by atoms with Gasteiger partial charge in [-0.3, -0.25) is 0 Å². The molecule has 0 saturated heterocycles. The summed E-state index contributed by atoms with van der Waals surface area (Å²) < 4.78 is 10.5. The molecule has 2 N–H and O–H groups in total. The molecule has 0 bridgehead atoms. The van der Waals surface area contributed by atoms with E-state index in [2.05, 4.69) is 15.9 Å². The lowest BCUT2D eigenvalue weighted by molar-refractivity contribution is 0.0526. The Morgan fingerprint density at radius 3 is 2.73 bits per heavy atom. The smallest absolute Gasteiger partial charge is 0.338 e. The minimum absolute atomic E-state index is 0.336. The van der Waals surface area contributed by atoms with Crippen molar-refractivity contribution in [2.75, 3.05) is 19.5 Å². The number of carbonyl (C=O) groups is 1. The van der Waals surface area contributed by atoms with Gasteiger partial charge in [-0.1, -0.05) is 0 Å². The molecule has 15 heavy (non-hydrogen) atoms. The van der Waals surface area contributed by atoms with Crippen LogP contribution in [0.3, 0.4) is 0 Å². The molecule has 4 nitrogen and oxygen atoms in total. The predicted molar refractivity (Wildman–Crippen MR) is 61.1 cm³/mol. The molecule has 0 heterocycles. The van der Waals surface area contributed by atoms with Crippen LogP contribution in [0.25, 0.3) is 0 Å². The molecule has 0 aromatic heterocycles. The molecule has 0 radical (unpaired) electrons. The number of halogens is 1. The van der Waals surface area contributed by atoms with Gasteiger partial charge in [-0.2, -0.15) is 0 Å². The number of anilines is 1. The quantitative estimate of drug-likeness (QED) is 0.678. The first-order chi connectivity index (χ1) is 7.10. The van der Waals surface area contributed by atoms with Gasteiger partial charge in [0, 0.05) is 4.47 Å². The molecule has 1 rings (SSSR count). The first kappa shape index (κ1) is 11.8. The van der Waals surface area contributed by atoms with Crippen LogP contribution < -0.4 is 10.5 Å². The summed E-state index contributed by atoms with van der Waals surface area (Å²) in [5, 5.41) is 0. The van der Waals surface area contributed by atoms with Crippen molar-refractivity contribution in [2.24, 2.45) is 0 Å². The molecular formula is C10H12BrNO3. The van der Waals surface area contributed by atoms with Crippen LogP contribution in [0.1, 0.15) is 17.3 Å². The van der Waals surface area contributed by atoms with E-state index in [0.717, 1.165) is 0 Å². The van der Waals surface area contributed by atoms with Crippen LogP contribution in [0.4, 0.5) is 5.69 Å². The Bertz CT molecular complexity index is 379. The first-order valence-corrected chi connectivity index (χ1v) is 5.19. The van der Waals surface area contributed by atoms with Crippen LogP contribution in [-0.4, -0.2) is 19.7 Å². The van der Waals surface area contributed by atoms with Crippen LogP contribution in [0.15, 0.2) is 16.6 Å². The second kappa shape index (κ2) is 5.02. The number of nitrogen functional groups attached to an aromatic ring is 1. The first-order valence-electron chi connectivity index (χ1n) is 4.40. The third kappa shape index (κ3) is 2.62. The zero-order valence-electron chi connectivity index (χ0n) is 8.54. The van der Waals surface area contributed by atoms with Crippen LogP contribution in [0.2, 0.25) is 0 Å². The molecule has 0 amide bonds. The number of benzene rings is 1. The molecule has 0 aliphatic heterocycles. The molecular weight excluding hydrogens is 262 g/mol. The van der Waals surface area contributed by atoms with Gasteiger partial charge in [0.25, 0.3) is 0 Å². The standard InChI is InChI=1S/C10H12BrNO3/c1-3-15-10(13)6-4-7(11)9(12)8(5-6)14-2/h4-5H,3,12H2,1-2H3. The van der Waals surface area contributed by atoms with Crippen molar-refractivity contribution in [2.45, 2.75) is 6.92 Å². The van der Waals surface area contributed by atoms with E-state index in [0.29, 0.717) is 28.1 Å². The SMILES string of the molecule is CCOC(=O)c1cc(Br)c(N)c(OC)c1. The summed E-state index contributed by atoms with van der Waals surface area (Å²) in [4.78, 5) is 11.4. The largest absolute Gasteiger partial charge is 0.495 e. The molecule has 0 atom stereocenters. The second-order valence-electron chi connectivity index (χ2n) is 2.79. The number of carbonyl (C=O) groups excluding carboxylic acids is 1. The molecule has 0 saturated carbocycles. The van der Waals surface area contributed by atoms with Gasteiger partial charge in [0.15, 0.2) is 0 Å². The molecule has 5 heteroatoms. The number of esters is 1. The van der Waals surface area contributed by atoms with E-state index in [1.807, 2.05) is 0 Å². The monoisotopic (exact) mass is 273 g/mol. The Balaban J connectivity index is 3.10. The summed E-state index contributed by atoms with van der Waals surface area (Å²) in [7, 11) is 1.49. The van der Waals surface area contributed by atoms with Crippen molar-refractivity contribution in [3.63, 3.8) is 0 Å². The lowest BCUT2D eigenvalue weighted by Gasteiger charge is -2.09. The Morgan fingerprint density at radius 1 is 1.53 bits per heavy atom. The van der Waals surface area contributed by atoms with Gasteiger partial charge < -0.3 is 15.2 Å². The summed E-state index contributed by atoms with van der Waals surface area (Å²) in [6.07, 6.45) is 0. The number of methoxy groups -OCH3 is 1. The highest BCUT2D eigenvalue weighted by Gasteiger charge is 2.12. The highest BCUT2D eigenvalue weighted by atomic mass is 79.9. The van der Waals surface area contributed by atoms with E-state index in [9.17, 15) is 4.79 Å². The highest BCUT2D eigenvalue weighted by Crippen LogP contribution is 2.31. The minimum atomic E-state index is -0.392. The normalized spacial score (nSPS) is 9.80. The highest BCUT2D eigenvalue weighted by molar-refractivity contribution is 9.10. The zero-order chi connectivity index (χ0) is 11.4. The van der Waals surface area contributed by atoms with Crippen LogP contribution in [-0.2, 0) is 4.74 Å². The summed E-state index contributed by atoms with van der Waals surface area (Å²) >= 11 is 3.24. The van der Waals surface area contributed by atoms with Gasteiger partial charge in [0.2, 0.25) is 0 Å². The topological polar surface area (TPSA) is 61.5 Å². The Hall–Kier alpha value is -1.23. The third-order valence-electron chi connectivity index (χ3n) is 1.82. The number of ether oxygens (including phenoxy) is 2. The fourth-order valence-electron chi connectivity index (χ4n) is 1.09. The zero-order valence-corrected chi connectivity index (χ0v) is 10.1. The molecule has 0 aliphatic rings. The van der Waals surface area contributed by atoms with Crippen LogP contribution in [0, 0.1) is 0 Å². The third-order valence-corrected chi connectivity index (χ3v) is 2.48. The number of rotatable bonds is 3. The lowest BCUT2D eigenvalue weighted by atomic mass is 10.2. The van der Waals surface area contributed by atoms with Gasteiger partial charge in [-0.15, -0.1) is 0 Å². The van der Waals surface area contributed by atoms with E-state index in [1.165, 1.54) is 7.11 Å². The Kier molecular flexibility index (Phi) is 3.96. The van der Waals surface area contributed by atoms with Crippen molar-refractivity contribution in [1.29, 1.82) is 0 Å². The maximum Gasteiger partial charge on any atom is 0.338 e. The van der Waals surface area contributed by atoms with Gasteiger partial charge in [0.05, 0.1) is 25.0 Å². The lowest BCUT2D eigenvalue weighted by Crippen LogP contribution is -2.06. The van der Waals surface area contributed by atoms with Crippen molar-refractivity contribution in [3.05, 3.63) is 22.2 Å². The maximum atomic E-state index is 11.4. The molecule has 0 spiro atoms. The van der Waals surface area contributed by atoms with E-state index in [1.54, 1.807) is 19.1 Å². The molecule has 1 aromatic carbocycles. The summed E-state index contributed by atoms with van der Waals surface area (Å²) in [6, 6.07) is 3.16. The summed E-state index contributed by atoms with van der Waals surface area (Å²) in [5.41, 5.74) is 6.59. The van der Waals surface area contributed by atoms with E-state index >= 15 is 0 Å². The van der Waals surface area contributed by atoms with E-state index in [-0.39, 0.29) is 0 Å². The number of nitrogens with two attached hydrogens (primary N) is 1. The van der Waals surface area contributed by atoms with Gasteiger partial charge in [-0.25, -0.2) is 4.79 Å². The van der Waals surface area contributed by atoms with Crippen LogP contribution in [0.5, 0.6) is 5.75 Å². The fourth-order valence-corrected chi connectivity index (χ4v) is 1.54. The summed E-state index contributed by atoms with van der Waals surface area (Å²) in [5.74, 6) is 0.0592. The van der Waals surface area contributed by atoms with Gasteiger partial charge in [-0.05, 0) is 35.0 Å². The second-order valence-corrected chi connectivity index (χ2v) is 3.65. The minimum Gasteiger partial charge on any atom is -0.495 e. The fraction of sp³-hybridized carbons (Fsp3) is 0.300. The number of hydrogen-bond acceptors (Lipinski definition) is 4. The van der Waals surface area contributed by atoms with E-state index < -0.39 is 5.97 Å². The molecule has 0 unspecified atom stereocenters. The molecule has 0 fully saturated rings. The van der Waals surface area contributed by atoms with Gasteiger partial charge in [0.1, 0.15) is 5.75 Å². The Morgan fingerprint density at radius 2 is 2.20 bits per heavy atom. The van der Waals surface area contributed by atoms with Crippen molar-refractivity contribution in [3.8, 4) is 5.75 Å². The van der Waals surface area contributed by atoms with E-state index in [4.69, 9.17) is 15.2 Å². The average molecular weight is 274 g/mol. The van der Waals surface area contributed by atoms with Gasteiger partial charge >= 0.3 is 5.97 Å². The molecule has 1 aromatic rings. The predicted octanol–water partition coefficient (Wildman–Crippen LogP) is 2.22. The summed E-state index contributed by atoms with van der Waals surface area (Å²) in [6.45, 7) is 2.09. The van der Waals surface area contributed by atoms with Crippen molar-refractivity contribution >= 4 is 27.6 Å². The van der Waals surface area contributed by atoms with Crippen molar-refractivity contribution in [1.82, 2.24) is 0 Å². The maximum absolute atomic E-state index is 11.4. The average Bonchev–Trinajstić information content (AvgIpc) is 2.22.